The number of carbonyl (C=O) groups is 1. The number of hydrogen-bond acceptors (Lipinski definition) is 5. The average molecular weight is 426 g/mol. The van der Waals surface area contributed by atoms with E-state index >= 15 is 0 Å². The summed E-state index contributed by atoms with van der Waals surface area (Å²) in [4.78, 5) is 37.1. The molecule has 7 heteroatoms. The van der Waals surface area contributed by atoms with E-state index in [-0.39, 0.29) is 11.0 Å². The van der Waals surface area contributed by atoms with Crippen LogP contribution in [0.15, 0.2) is 29.1 Å². The highest BCUT2D eigenvalue weighted by Gasteiger charge is 2.23. The molecule has 0 unspecified atom stereocenters. The first-order valence-electron chi connectivity index (χ1n) is 11.0. The zero-order valence-electron chi connectivity index (χ0n) is 19.6. The van der Waals surface area contributed by atoms with Crippen molar-refractivity contribution in [1.82, 2.24) is 14.9 Å². The van der Waals surface area contributed by atoms with E-state index in [2.05, 4.69) is 39.2 Å². The SMILES string of the molecule is Cc1nc(C(C)(C)C)[nH]c(=O)c1C(=O)Nc1ccc(N2CCC(CN(C)C)CC2)cc1. The van der Waals surface area contributed by atoms with Gasteiger partial charge in [0, 0.05) is 36.4 Å². The van der Waals surface area contributed by atoms with Gasteiger partial charge >= 0.3 is 0 Å². The number of rotatable bonds is 5. The number of aryl methyl sites for hydroxylation is 1. The molecular weight excluding hydrogens is 390 g/mol. The van der Waals surface area contributed by atoms with E-state index in [1.807, 2.05) is 45.0 Å². The van der Waals surface area contributed by atoms with E-state index in [4.69, 9.17) is 0 Å². The van der Waals surface area contributed by atoms with E-state index in [9.17, 15) is 9.59 Å². The van der Waals surface area contributed by atoms with Gasteiger partial charge in [-0.3, -0.25) is 9.59 Å². The van der Waals surface area contributed by atoms with Crippen LogP contribution in [0, 0.1) is 12.8 Å². The molecule has 0 bridgehead atoms. The Morgan fingerprint density at radius 1 is 1.19 bits per heavy atom. The fourth-order valence-electron chi connectivity index (χ4n) is 4.05. The van der Waals surface area contributed by atoms with Crippen molar-refractivity contribution in [2.75, 3.05) is 43.9 Å². The Hall–Kier alpha value is -2.67. The molecule has 31 heavy (non-hydrogen) atoms. The Kier molecular flexibility index (Phi) is 6.84. The number of hydrogen-bond donors (Lipinski definition) is 2. The lowest BCUT2D eigenvalue weighted by Crippen LogP contribution is -2.37. The highest BCUT2D eigenvalue weighted by Crippen LogP contribution is 2.25. The Morgan fingerprint density at radius 3 is 2.32 bits per heavy atom. The summed E-state index contributed by atoms with van der Waals surface area (Å²) in [5, 5.41) is 2.83. The van der Waals surface area contributed by atoms with E-state index in [1.54, 1.807) is 6.92 Å². The van der Waals surface area contributed by atoms with Crippen molar-refractivity contribution in [3.8, 4) is 0 Å². The van der Waals surface area contributed by atoms with Crippen molar-refractivity contribution in [3.05, 3.63) is 51.7 Å². The number of anilines is 2. The lowest BCUT2D eigenvalue weighted by Gasteiger charge is -2.34. The second-order valence-corrected chi connectivity index (χ2v) is 9.82. The standard InChI is InChI=1S/C24H35N5O2/c1-16-20(22(31)27-23(25-16)24(2,3)4)21(30)26-18-7-9-19(10-8-18)29-13-11-17(12-14-29)15-28(5)6/h7-10,17H,11-15H2,1-6H3,(H,26,30)(H,25,27,31). The van der Waals surface area contributed by atoms with Crippen LogP contribution in [-0.2, 0) is 5.41 Å². The number of amides is 1. The van der Waals surface area contributed by atoms with Gasteiger partial charge in [0.15, 0.2) is 0 Å². The van der Waals surface area contributed by atoms with Gasteiger partial charge in [0.05, 0.1) is 5.69 Å². The Bertz CT molecular complexity index is 965. The van der Waals surface area contributed by atoms with Crippen molar-refractivity contribution in [3.63, 3.8) is 0 Å². The summed E-state index contributed by atoms with van der Waals surface area (Å²) in [6.07, 6.45) is 2.38. The highest BCUT2D eigenvalue weighted by molar-refractivity contribution is 6.04. The van der Waals surface area contributed by atoms with Gasteiger partial charge in [-0.1, -0.05) is 20.8 Å². The number of carbonyl (C=O) groups excluding carboxylic acids is 1. The minimum absolute atomic E-state index is 0.0556. The van der Waals surface area contributed by atoms with Crippen LogP contribution in [0.3, 0.4) is 0 Å². The maximum Gasteiger partial charge on any atom is 0.264 e. The summed E-state index contributed by atoms with van der Waals surface area (Å²) in [5.74, 6) is 0.888. The topological polar surface area (TPSA) is 81.3 Å². The molecule has 1 aliphatic rings. The smallest absolute Gasteiger partial charge is 0.264 e. The first-order valence-corrected chi connectivity index (χ1v) is 11.0. The molecule has 2 aromatic rings. The fraction of sp³-hybridized carbons (Fsp3) is 0.542. The fourth-order valence-corrected chi connectivity index (χ4v) is 4.05. The predicted octanol–water partition coefficient (Wildman–Crippen LogP) is 3.41. The van der Waals surface area contributed by atoms with Gasteiger partial charge in [0.25, 0.3) is 11.5 Å². The number of aromatic amines is 1. The van der Waals surface area contributed by atoms with Crippen molar-refractivity contribution >= 4 is 17.3 Å². The molecule has 1 aromatic heterocycles. The maximum atomic E-state index is 12.7. The van der Waals surface area contributed by atoms with Gasteiger partial charge < -0.3 is 20.1 Å². The first kappa shape index (κ1) is 23.0. The summed E-state index contributed by atoms with van der Waals surface area (Å²) in [6.45, 7) is 10.8. The molecule has 0 spiro atoms. The second-order valence-electron chi connectivity index (χ2n) is 9.82. The lowest BCUT2D eigenvalue weighted by molar-refractivity contribution is 0.102. The third-order valence-electron chi connectivity index (χ3n) is 5.77. The first-order chi connectivity index (χ1) is 14.5. The van der Waals surface area contributed by atoms with Gasteiger partial charge in [-0.2, -0.15) is 0 Å². The number of piperidine rings is 1. The molecule has 0 atom stereocenters. The number of aromatic nitrogens is 2. The molecule has 0 aliphatic carbocycles. The van der Waals surface area contributed by atoms with Crippen molar-refractivity contribution in [2.45, 2.75) is 46.0 Å². The molecule has 1 aliphatic heterocycles. The quantitative estimate of drug-likeness (QED) is 0.767. The molecule has 2 heterocycles. The maximum absolute atomic E-state index is 12.7. The summed E-state index contributed by atoms with van der Waals surface area (Å²) < 4.78 is 0. The number of benzene rings is 1. The van der Waals surface area contributed by atoms with Crippen LogP contribution < -0.4 is 15.8 Å². The van der Waals surface area contributed by atoms with Crippen molar-refractivity contribution < 1.29 is 4.79 Å². The highest BCUT2D eigenvalue weighted by atomic mass is 16.2. The summed E-state index contributed by atoms with van der Waals surface area (Å²) in [5.41, 5.74) is 1.60. The minimum atomic E-state index is -0.441. The zero-order valence-corrected chi connectivity index (χ0v) is 19.6. The minimum Gasteiger partial charge on any atom is -0.372 e. The molecule has 2 N–H and O–H groups in total. The summed E-state index contributed by atoms with van der Waals surface area (Å²) in [6, 6.07) is 7.83. The van der Waals surface area contributed by atoms with Crippen LogP contribution >= 0.6 is 0 Å². The Morgan fingerprint density at radius 2 is 1.81 bits per heavy atom. The summed E-state index contributed by atoms with van der Waals surface area (Å²) >= 11 is 0. The van der Waals surface area contributed by atoms with E-state index in [0.29, 0.717) is 17.2 Å². The largest absolute Gasteiger partial charge is 0.372 e. The molecule has 0 radical (unpaired) electrons. The summed E-state index contributed by atoms with van der Waals surface area (Å²) in [7, 11) is 4.26. The Balaban J connectivity index is 1.65. The molecule has 1 amide bonds. The van der Waals surface area contributed by atoms with E-state index in [0.717, 1.165) is 31.2 Å². The molecule has 1 saturated heterocycles. The predicted molar refractivity (Wildman–Crippen MR) is 126 cm³/mol. The van der Waals surface area contributed by atoms with Gasteiger partial charge in [0.2, 0.25) is 0 Å². The molecule has 168 valence electrons. The van der Waals surface area contributed by atoms with Crippen LogP contribution in [0.5, 0.6) is 0 Å². The normalized spacial score (nSPS) is 15.4. The van der Waals surface area contributed by atoms with Crippen LogP contribution in [-0.4, -0.2) is 54.5 Å². The van der Waals surface area contributed by atoms with Crippen LogP contribution in [0.4, 0.5) is 11.4 Å². The molecule has 0 saturated carbocycles. The number of H-pyrrole nitrogens is 1. The van der Waals surface area contributed by atoms with Crippen LogP contribution in [0.25, 0.3) is 0 Å². The molecule has 1 aromatic carbocycles. The van der Waals surface area contributed by atoms with Gasteiger partial charge in [0.1, 0.15) is 11.4 Å². The molecule has 1 fully saturated rings. The van der Waals surface area contributed by atoms with Crippen LogP contribution in [0.1, 0.15) is 55.5 Å². The molecule has 7 nitrogen and oxygen atoms in total. The average Bonchev–Trinajstić information content (AvgIpc) is 2.67. The third-order valence-corrected chi connectivity index (χ3v) is 5.77. The number of nitrogens with zero attached hydrogens (tertiary/aromatic N) is 3. The van der Waals surface area contributed by atoms with Crippen LogP contribution in [0.2, 0.25) is 0 Å². The lowest BCUT2D eigenvalue weighted by atomic mass is 9.95. The molecule has 3 rings (SSSR count). The van der Waals surface area contributed by atoms with Gasteiger partial charge in [-0.05, 0) is 64.0 Å². The van der Waals surface area contributed by atoms with E-state index in [1.165, 1.54) is 12.8 Å². The van der Waals surface area contributed by atoms with Crippen molar-refractivity contribution in [1.29, 1.82) is 0 Å². The third kappa shape index (κ3) is 5.73. The zero-order chi connectivity index (χ0) is 22.8. The van der Waals surface area contributed by atoms with E-state index < -0.39 is 11.5 Å². The number of nitrogens with one attached hydrogen (secondary N) is 2. The molecular formula is C24H35N5O2. The van der Waals surface area contributed by atoms with Crippen molar-refractivity contribution in [2.24, 2.45) is 5.92 Å². The van der Waals surface area contributed by atoms with Gasteiger partial charge in [-0.25, -0.2) is 4.98 Å². The monoisotopic (exact) mass is 425 g/mol. The Labute approximate surface area is 184 Å². The second kappa shape index (κ2) is 9.22. The van der Waals surface area contributed by atoms with Gasteiger partial charge in [-0.15, -0.1) is 0 Å².